The first-order valence-electron chi connectivity index (χ1n) is 17.4. The number of para-hydroxylation sites is 2. The van der Waals surface area contributed by atoms with Crippen LogP contribution in [-0.2, 0) is 0 Å². The molecule has 3 heteroatoms. The van der Waals surface area contributed by atoms with Crippen LogP contribution in [0.4, 0.5) is 17.1 Å². The summed E-state index contributed by atoms with van der Waals surface area (Å²) < 4.78 is 9.08. The SMILES string of the molecule is c1ccc2c(c1)cc(N(c1ccc(-n3c4ccccc4c4ccccc43)cc1)c1cccc3oc4c5ccccc5ccc4c13)c1ccccc12. The molecule has 238 valence electrons. The molecule has 51 heavy (non-hydrogen) atoms. The number of rotatable bonds is 4. The van der Waals surface area contributed by atoms with Crippen molar-refractivity contribution in [2.24, 2.45) is 0 Å². The molecule has 0 bridgehead atoms. The fourth-order valence-electron chi connectivity index (χ4n) is 8.30. The highest BCUT2D eigenvalue weighted by atomic mass is 16.3. The maximum Gasteiger partial charge on any atom is 0.143 e. The maximum absolute atomic E-state index is 6.71. The van der Waals surface area contributed by atoms with Crippen LogP contribution in [-0.4, -0.2) is 4.57 Å². The number of nitrogens with zero attached hydrogens (tertiary/aromatic N) is 2. The summed E-state index contributed by atoms with van der Waals surface area (Å²) in [6.07, 6.45) is 0. The van der Waals surface area contributed by atoms with Crippen LogP contribution in [0.1, 0.15) is 0 Å². The van der Waals surface area contributed by atoms with Gasteiger partial charge < -0.3 is 13.9 Å². The summed E-state index contributed by atoms with van der Waals surface area (Å²) in [5.41, 5.74) is 8.58. The first kappa shape index (κ1) is 28.0. The zero-order chi connectivity index (χ0) is 33.5. The highest BCUT2D eigenvalue weighted by Gasteiger charge is 2.23. The molecule has 3 nitrogen and oxygen atoms in total. The Bertz CT molecular complexity index is 3090. The summed E-state index contributed by atoms with van der Waals surface area (Å²) >= 11 is 0. The van der Waals surface area contributed by atoms with Crippen molar-refractivity contribution in [3.05, 3.63) is 182 Å². The van der Waals surface area contributed by atoms with Gasteiger partial charge in [0.1, 0.15) is 11.2 Å². The molecule has 0 unspecified atom stereocenters. The molecular formula is C48H30N2O. The maximum atomic E-state index is 6.71. The van der Waals surface area contributed by atoms with E-state index in [2.05, 4.69) is 191 Å². The molecule has 0 atom stereocenters. The minimum Gasteiger partial charge on any atom is -0.455 e. The van der Waals surface area contributed by atoms with Crippen molar-refractivity contribution in [1.82, 2.24) is 4.57 Å². The second-order valence-corrected chi connectivity index (χ2v) is 13.3. The largest absolute Gasteiger partial charge is 0.455 e. The lowest BCUT2D eigenvalue weighted by Gasteiger charge is -2.28. The summed E-state index contributed by atoms with van der Waals surface area (Å²) in [5.74, 6) is 0. The van der Waals surface area contributed by atoms with Crippen LogP contribution in [0.2, 0.25) is 0 Å². The number of furan rings is 1. The lowest BCUT2D eigenvalue weighted by atomic mass is 9.98. The lowest BCUT2D eigenvalue weighted by molar-refractivity contribution is 0.672. The molecule has 0 N–H and O–H groups in total. The number of fused-ring (bicyclic) bond motifs is 11. The first-order valence-corrected chi connectivity index (χ1v) is 17.4. The van der Waals surface area contributed by atoms with Crippen LogP contribution in [0.25, 0.3) is 81.7 Å². The quantitative estimate of drug-likeness (QED) is 0.177. The third-order valence-electron chi connectivity index (χ3n) is 10.5. The number of hydrogen-bond acceptors (Lipinski definition) is 2. The molecule has 0 radical (unpaired) electrons. The van der Waals surface area contributed by atoms with Gasteiger partial charge in [0.05, 0.1) is 27.8 Å². The van der Waals surface area contributed by atoms with E-state index in [1.54, 1.807) is 0 Å². The number of hydrogen-bond donors (Lipinski definition) is 0. The molecule has 0 aliphatic heterocycles. The summed E-state index contributed by atoms with van der Waals surface area (Å²) in [5, 5.41) is 11.9. The Kier molecular flexibility index (Phi) is 5.96. The molecular weight excluding hydrogens is 621 g/mol. The van der Waals surface area contributed by atoms with Gasteiger partial charge in [-0.3, -0.25) is 0 Å². The third kappa shape index (κ3) is 4.12. The Morgan fingerprint density at radius 1 is 0.392 bits per heavy atom. The van der Waals surface area contributed by atoms with Gasteiger partial charge in [-0.25, -0.2) is 0 Å². The highest BCUT2D eigenvalue weighted by Crippen LogP contribution is 2.47. The zero-order valence-corrected chi connectivity index (χ0v) is 27.6. The second-order valence-electron chi connectivity index (χ2n) is 13.3. The predicted molar refractivity (Wildman–Crippen MR) is 215 cm³/mol. The minimum absolute atomic E-state index is 0.871. The van der Waals surface area contributed by atoms with E-state index in [1.165, 1.54) is 48.7 Å². The topological polar surface area (TPSA) is 21.3 Å². The van der Waals surface area contributed by atoms with E-state index in [9.17, 15) is 0 Å². The lowest BCUT2D eigenvalue weighted by Crippen LogP contribution is -2.11. The molecule has 0 amide bonds. The fourth-order valence-corrected chi connectivity index (χ4v) is 8.30. The Balaban J connectivity index is 1.20. The minimum atomic E-state index is 0.871. The third-order valence-corrected chi connectivity index (χ3v) is 10.5. The summed E-state index contributed by atoms with van der Waals surface area (Å²) in [6.45, 7) is 0. The van der Waals surface area contributed by atoms with Gasteiger partial charge in [-0.1, -0.05) is 121 Å². The molecule has 0 fully saturated rings. The van der Waals surface area contributed by atoms with Gasteiger partial charge in [-0.2, -0.15) is 0 Å². The normalized spacial score (nSPS) is 11.9. The van der Waals surface area contributed by atoms with Crippen LogP contribution >= 0.6 is 0 Å². The molecule has 0 saturated carbocycles. The number of benzene rings is 9. The zero-order valence-electron chi connectivity index (χ0n) is 27.6. The summed E-state index contributed by atoms with van der Waals surface area (Å²) in [7, 11) is 0. The molecule has 0 saturated heterocycles. The van der Waals surface area contributed by atoms with Gasteiger partial charge in [-0.05, 0) is 82.2 Å². The van der Waals surface area contributed by atoms with E-state index in [0.717, 1.165) is 50.1 Å². The van der Waals surface area contributed by atoms with E-state index >= 15 is 0 Å². The van der Waals surface area contributed by atoms with E-state index < -0.39 is 0 Å². The van der Waals surface area contributed by atoms with Crippen LogP contribution in [0, 0.1) is 0 Å². The molecule has 11 aromatic rings. The van der Waals surface area contributed by atoms with Crippen LogP contribution in [0.5, 0.6) is 0 Å². The predicted octanol–water partition coefficient (Wildman–Crippen LogP) is 13.6. The van der Waals surface area contributed by atoms with E-state index in [4.69, 9.17) is 4.42 Å². The molecule has 0 aliphatic rings. The van der Waals surface area contributed by atoms with Crippen molar-refractivity contribution >= 4 is 93.1 Å². The summed E-state index contributed by atoms with van der Waals surface area (Å²) in [6, 6.07) is 65.5. The van der Waals surface area contributed by atoms with Crippen molar-refractivity contribution < 1.29 is 4.42 Å². The van der Waals surface area contributed by atoms with Gasteiger partial charge in [-0.15, -0.1) is 0 Å². The van der Waals surface area contributed by atoms with Gasteiger partial charge in [0.2, 0.25) is 0 Å². The van der Waals surface area contributed by atoms with Crippen molar-refractivity contribution in [2.75, 3.05) is 4.90 Å². The second kappa shape index (κ2) is 10.8. The standard InChI is InChI=1S/C48H30N2O/c1-4-15-36-31(12-1)24-29-41-47-44(22-11-23-46(47)51-48(36)41)50(45-30-32-13-2-3-14-35(32)37-16-5-6-17-38(37)45)34-27-25-33(26-28-34)49-42-20-9-7-18-39(42)40-19-8-10-21-43(40)49/h1-30H. The smallest absolute Gasteiger partial charge is 0.143 e. The molecule has 11 rings (SSSR count). The molecule has 2 heterocycles. The van der Waals surface area contributed by atoms with Crippen molar-refractivity contribution in [3.63, 3.8) is 0 Å². The van der Waals surface area contributed by atoms with E-state index in [0.29, 0.717) is 0 Å². The average molecular weight is 651 g/mol. The molecule has 9 aromatic carbocycles. The van der Waals surface area contributed by atoms with Crippen molar-refractivity contribution in [1.29, 1.82) is 0 Å². The Morgan fingerprint density at radius 3 is 1.75 bits per heavy atom. The fraction of sp³-hybridized carbons (Fsp3) is 0. The molecule has 0 aliphatic carbocycles. The molecule has 0 spiro atoms. The van der Waals surface area contributed by atoms with Crippen molar-refractivity contribution in [2.45, 2.75) is 0 Å². The van der Waals surface area contributed by atoms with Crippen LogP contribution < -0.4 is 4.90 Å². The molecule has 2 aromatic heterocycles. The van der Waals surface area contributed by atoms with Crippen LogP contribution in [0.15, 0.2) is 186 Å². The van der Waals surface area contributed by atoms with Gasteiger partial charge >= 0.3 is 0 Å². The van der Waals surface area contributed by atoms with Crippen molar-refractivity contribution in [3.8, 4) is 5.69 Å². The van der Waals surface area contributed by atoms with Gasteiger partial charge in [0, 0.05) is 38.3 Å². The monoisotopic (exact) mass is 650 g/mol. The highest BCUT2D eigenvalue weighted by molar-refractivity contribution is 6.21. The van der Waals surface area contributed by atoms with Gasteiger partial charge in [0.15, 0.2) is 0 Å². The Hall–Kier alpha value is -6.84. The van der Waals surface area contributed by atoms with E-state index in [1.807, 2.05) is 0 Å². The average Bonchev–Trinajstić information content (AvgIpc) is 3.75. The van der Waals surface area contributed by atoms with Crippen LogP contribution in [0.3, 0.4) is 0 Å². The summed E-state index contributed by atoms with van der Waals surface area (Å²) in [4.78, 5) is 2.43. The first-order chi connectivity index (χ1) is 25.3. The number of anilines is 3. The Labute approximate surface area is 293 Å². The Morgan fingerprint density at radius 2 is 1.00 bits per heavy atom. The van der Waals surface area contributed by atoms with E-state index in [-0.39, 0.29) is 0 Å². The van der Waals surface area contributed by atoms with Gasteiger partial charge in [0.25, 0.3) is 0 Å². The number of aromatic nitrogens is 1.